The fourth-order valence-electron chi connectivity index (χ4n) is 3.02. The van der Waals surface area contributed by atoms with Crippen LogP contribution in [0, 0.1) is 20.8 Å². The van der Waals surface area contributed by atoms with E-state index in [0.717, 1.165) is 33.7 Å². The molecule has 2 aromatic carbocycles. The molecule has 2 rings (SSSR count). The molecule has 0 aromatic heterocycles. The Labute approximate surface area is 160 Å². The number of rotatable bonds is 6. The SMILES string of the molecule is CSCc1cccc(C(=O)N(C)CC(=O)Nc2c(C)cc(C)cc2C)c1. The molecule has 0 radical (unpaired) electrons. The van der Waals surface area contributed by atoms with Gasteiger partial charge in [0.05, 0.1) is 6.54 Å². The van der Waals surface area contributed by atoms with Gasteiger partial charge in [-0.3, -0.25) is 9.59 Å². The Morgan fingerprint density at radius 2 is 1.73 bits per heavy atom. The fourth-order valence-corrected chi connectivity index (χ4v) is 3.54. The van der Waals surface area contributed by atoms with Crippen LogP contribution < -0.4 is 5.32 Å². The molecular weight excluding hydrogens is 344 g/mol. The summed E-state index contributed by atoms with van der Waals surface area (Å²) < 4.78 is 0. The molecule has 0 aliphatic heterocycles. The molecule has 0 spiro atoms. The van der Waals surface area contributed by atoms with E-state index in [-0.39, 0.29) is 18.4 Å². The molecule has 0 heterocycles. The molecule has 1 N–H and O–H groups in total. The van der Waals surface area contributed by atoms with Crippen molar-refractivity contribution < 1.29 is 9.59 Å². The first-order valence-electron chi connectivity index (χ1n) is 8.53. The van der Waals surface area contributed by atoms with Gasteiger partial charge in [0.2, 0.25) is 5.91 Å². The summed E-state index contributed by atoms with van der Waals surface area (Å²) in [5.41, 5.74) is 5.74. The molecule has 138 valence electrons. The molecule has 0 aliphatic rings. The number of hydrogen-bond acceptors (Lipinski definition) is 3. The van der Waals surface area contributed by atoms with E-state index in [0.29, 0.717) is 5.56 Å². The lowest BCUT2D eigenvalue weighted by atomic mass is 10.1. The first kappa shape index (κ1) is 20.0. The Morgan fingerprint density at radius 1 is 1.08 bits per heavy atom. The second kappa shape index (κ2) is 8.90. The Hall–Kier alpha value is -2.27. The van der Waals surface area contributed by atoms with Gasteiger partial charge in [0.15, 0.2) is 0 Å². The predicted molar refractivity (Wildman–Crippen MR) is 110 cm³/mol. The third kappa shape index (κ3) is 5.11. The smallest absolute Gasteiger partial charge is 0.254 e. The normalized spacial score (nSPS) is 10.5. The summed E-state index contributed by atoms with van der Waals surface area (Å²) in [4.78, 5) is 26.5. The molecule has 5 heteroatoms. The van der Waals surface area contributed by atoms with E-state index in [1.165, 1.54) is 4.90 Å². The molecule has 4 nitrogen and oxygen atoms in total. The van der Waals surface area contributed by atoms with E-state index in [1.54, 1.807) is 24.9 Å². The zero-order valence-corrected chi connectivity index (χ0v) is 16.9. The molecule has 0 saturated heterocycles. The van der Waals surface area contributed by atoms with Crippen molar-refractivity contribution in [2.75, 3.05) is 25.2 Å². The highest BCUT2D eigenvalue weighted by atomic mass is 32.2. The van der Waals surface area contributed by atoms with Crippen molar-refractivity contribution in [3.63, 3.8) is 0 Å². The van der Waals surface area contributed by atoms with Gasteiger partial charge in [-0.05, 0) is 55.9 Å². The van der Waals surface area contributed by atoms with Gasteiger partial charge >= 0.3 is 0 Å². The Bertz CT molecular complexity index is 794. The van der Waals surface area contributed by atoms with Crippen LogP contribution in [0.25, 0.3) is 0 Å². The van der Waals surface area contributed by atoms with Crippen molar-refractivity contribution in [2.45, 2.75) is 26.5 Å². The summed E-state index contributed by atoms with van der Waals surface area (Å²) >= 11 is 1.71. The highest BCUT2D eigenvalue weighted by Crippen LogP contribution is 2.22. The molecule has 0 bridgehead atoms. The zero-order chi connectivity index (χ0) is 19.3. The number of aryl methyl sites for hydroxylation is 3. The molecule has 26 heavy (non-hydrogen) atoms. The van der Waals surface area contributed by atoms with Gasteiger partial charge in [0, 0.05) is 24.1 Å². The van der Waals surface area contributed by atoms with Crippen molar-refractivity contribution >= 4 is 29.3 Å². The third-order valence-corrected chi connectivity index (χ3v) is 4.78. The minimum absolute atomic E-state index is 0.0122. The monoisotopic (exact) mass is 370 g/mol. The number of nitrogens with zero attached hydrogens (tertiary/aromatic N) is 1. The molecule has 0 saturated carbocycles. The quantitative estimate of drug-likeness (QED) is 0.830. The predicted octanol–water partition coefficient (Wildman–Crippen LogP) is 4.19. The van der Waals surface area contributed by atoms with Gasteiger partial charge in [-0.25, -0.2) is 0 Å². The van der Waals surface area contributed by atoms with E-state index >= 15 is 0 Å². The summed E-state index contributed by atoms with van der Waals surface area (Å²) in [5.74, 6) is 0.508. The van der Waals surface area contributed by atoms with E-state index in [4.69, 9.17) is 0 Å². The summed E-state index contributed by atoms with van der Waals surface area (Å²) in [5, 5.41) is 2.94. The van der Waals surface area contributed by atoms with Crippen LogP contribution in [0.15, 0.2) is 36.4 Å². The number of carbonyl (C=O) groups is 2. The molecule has 2 amide bonds. The average Bonchev–Trinajstić information content (AvgIpc) is 2.58. The second-order valence-electron chi connectivity index (χ2n) is 6.62. The molecule has 0 unspecified atom stereocenters. The molecule has 0 fully saturated rings. The van der Waals surface area contributed by atoms with Crippen LogP contribution in [-0.4, -0.2) is 36.6 Å². The fraction of sp³-hybridized carbons (Fsp3) is 0.333. The van der Waals surface area contributed by atoms with Gasteiger partial charge in [-0.15, -0.1) is 0 Å². The van der Waals surface area contributed by atoms with Gasteiger partial charge in [-0.1, -0.05) is 29.8 Å². The number of likely N-dealkylation sites (N-methyl/N-ethyl adjacent to an activating group) is 1. The molecule has 2 aromatic rings. The van der Waals surface area contributed by atoms with Crippen LogP contribution in [0.3, 0.4) is 0 Å². The Balaban J connectivity index is 2.05. The van der Waals surface area contributed by atoms with Gasteiger partial charge in [0.1, 0.15) is 0 Å². The maximum Gasteiger partial charge on any atom is 0.254 e. The highest BCUT2D eigenvalue weighted by molar-refractivity contribution is 7.97. The summed E-state index contributed by atoms with van der Waals surface area (Å²) in [6, 6.07) is 11.6. The lowest BCUT2D eigenvalue weighted by Crippen LogP contribution is -2.35. The average molecular weight is 371 g/mol. The summed E-state index contributed by atoms with van der Waals surface area (Å²) in [6.07, 6.45) is 2.03. The number of anilines is 1. The van der Waals surface area contributed by atoms with Crippen molar-refractivity contribution in [3.8, 4) is 0 Å². The van der Waals surface area contributed by atoms with Crippen LogP contribution in [0.5, 0.6) is 0 Å². The lowest BCUT2D eigenvalue weighted by molar-refractivity contribution is -0.116. The minimum Gasteiger partial charge on any atom is -0.332 e. The van der Waals surface area contributed by atoms with Crippen molar-refractivity contribution in [1.29, 1.82) is 0 Å². The lowest BCUT2D eigenvalue weighted by Gasteiger charge is -2.19. The Kier molecular flexibility index (Phi) is 6.86. The van der Waals surface area contributed by atoms with Crippen molar-refractivity contribution in [3.05, 3.63) is 64.2 Å². The van der Waals surface area contributed by atoms with E-state index in [9.17, 15) is 9.59 Å². The maximum absolute atomic E-state index is 12.6. The number of nitrogens with one attached hydrogen (secondary N) is 1. The molecule has 0 aliphatic carbocycles. The number of thioether (sulfide) groups is 1. The minimum atomic E-state index is -0.198. The van der Waals surface area contributed by atoms with Gasteiger partial charge < -0.3 is 10.2 Å². The van der Waals surface area contributed by atoms with Crippen molar-refractivity contribution in [1.82, 2.24) is 4.90 Å². The van der Waals surface area contributed by atoms with Crippen LogP contribution in [0.2, 0.25) is 0 Å². The van der Waals surface area contributed by atoms with Crippen LogP contribution >= 0.6 is 11.8 Å². The maximum atomic E-state index is 12.6. The Morgan fingerprint density at radius 3 is 2.35 bits per heavy atom. The number of carbonyl (C=O) groups excluding carboxylic acids is 2. The standard InChI is InChI=1S/C21H26N2O2S/c1-14-9-15(2)20(16(3)10-14)22-19(24)12-23(4)21(25)18-8-6-7-17(11-18)13-26-5/h6-11H,12-13H2,1-5H3,(H,22,24). The second-order valence-corrected chi connectivity index (χ2v) is 7.48. The van der Waals surface area contributed by atoms with E-state index in [2.05, 4.69) is 5.32 Å². The first-order chi connectivity index (χ1) is 12.3. The first-order valence-corrected chi connectivity index (χ1v) is 9.92. The molecular formula is C21H26N2O2S. The van der Waals surface area contributed by atoms with E-state index in [1.807, 2.05) is 57.4 Å². The molecule has 0 atom stereocenters. The zero-order valence-electron chi connectivity index (χ0n) is 16.1. The van der Waals surface area contributed by atoms with Crippen LogP contribution in [0.4, 0.5) is 5.69 Å². The third-order valence-electron chi connectivity index (χ3n) is 4.15. The van der Waals surface area contributed by atoms with Crippen LogP contribution in [0.1, 0.15) is 32.6 Å². The number of benzene rings is 2. The number of hydrogen-bond donors (Lipinski definition) is 1. The van der Waals surface area contributed by atoms with Gasteiger partial charge in [-0.2, -0.15) is 11.8 Å². The summed E-state index contributed by atoms with van der Waals surface area (Å²) in [7, 11) is 1.65. The van der Waals surface area contributed by atoms with Crippen LogP contribution in [-0.2, 0) is 10.5 Å². The van der Waals surface area contributed by atoms with Crippen molar-refractivity contribution in [2.24, 2.45) is 0 Å². The topological polar surface area (TPSA) is 49.4 Å². The van der Waals surface area contributed by atoms with E-state index < -0.39 is 0 Å². The van der Waals surface area contributed by atoms with Gasteiger partial charge in [0.25, 0.3) is 5.91 Å². The summed E-state index contributed by atoms with van der Waals surface area (Å²) in [6.45, 7) is 5.99. The highest BCUT2D eigenvalue weighted by Gasteiger charge is 2.16. The largest absolute Gasteiger partial charge is 0.332 e. The number of amides is 2.